The summed E-state index contributed by atoms with van der Waals surface area (Å²) < 4.78 is 36.3. The fourth-order valence-electron chi connectivity index (χ4n) is 11.8. The Kier molecular flexibility index (Phi) is 21.6. The number of aromatic nitrogens is 10. The number of aryl methyl sites for hydroxylation is 4. The van der Waals surface area contributed by atoms with E-state index in [1.807, 2.05) is 36.9 Å². The molecule has 424 valence electrons. The number of benzene rings is 8. The van der Waals surface area contributed by atoms with Crippen molar-refractivity contribution < 1.29 is 75.2 Å². The second-order valence-electron chi connectivity index (χ2n) is 20.6. The number of hydrogen-bond acceptors (Lipinski definition) is 8. The number of nitrogens with zero attached hydrogens (tertiary/aromatic N) is 9. The molecular weight excluding hydrogens is 1350 g/mol. The number of pyridine rings is 2. The molecule has 1 unspecified atom stereocenters. The zero-order valence-corrected chi connectivity index (χ0v) is 63.0. The number of nitrogens with one attached hydrogen (secondary N) is 1. The Balaban J connectivity index is 0.000000150. The molecule has 0 fully saturated rings. The molecule has 0 saturated heterocycles. The van der Waals surface area contributed by atoms with Crippen molar-refractivity contribution in [1.82, 2.24) is 47.8 Å². The van der Waals surface area contributed by atoms with Crippen LogP contribution in [0.4, 0.5) is 4.39 Å². The molecule has 8 aromatic carbocycles. The summed E-state index contributed by atoms with van der Waals surface area (Å²) in [6.45, 7) is 8.58. The van der Waals surface area contributed by atoms with E-state index >= 15 is 0 Å². The van der Waals surface area contributed by atoms with E-state index in [0.717, 1.165) is 109 Å². The van der Waals surface area contributed by atoms with Gasteiger partial charge in [-0.05, 0) is 127 Å². The first-order valence-electron chi connectivity index (χ1n) is 28.3. The molecule has 0 amide bonds. The van der Waals surface area contributed by atoms with Crippen LogP contribution >= 0.6 is 40.1 Å². The molecule has 0 bridgehead atoms. The molecule has 8 aromatic heterocycles. The Morgan fingerprint density at radius 2 is 0.899 bits per heavy atom. The molecule has 0 aliphatic heterocycles. The summed E-state index contributed by atoms with van der Waals surface area (Å²) in [4.78, 5) is 32.7. The Morgan fingerprint density at radius 1 is 0.494 bits per heavy atom. The van der Waals surface area contributed by atoms with Crippen molar-refractivity contribution in [3.05, 3.63) is 256 Å². The molecule has 1 N–H and O–H groups in total. The van der Waals surface area contributed by atoms with Gasteiger partial charge < -0.3 is 15.1 Å². The molecule has 21 heteroatoms. The van der Waals surface area contributed by atoms with E-state index < -0.39 is 8.25 Å². The second-order valence-corrected chi connectivity index (χ2v) is 23.0. The normalized spacial score (nSPS) is 11.3. The van der Waals surface area contributed by atoms with Crippen molar-refractivity contribution in [2.45, 2.75) is 27.7 Å². The predicted molar refractivity (Wildman–Crippen MR) is 356 cm³/mol. The fourth-order valence-corrected chi connectivity index (χ4v) is 12.5. The van der Waals surface area contributed by atoms with Gasteiger partial charge >= 0.3 is 123 Å². The molecular formula is C68H49Br2FK3N10O4P. The van der Waals surface area contributed by atoms with E-state index in [1.54, 1.807) is 12.1 Å². The molecule has 0 aliphatic rings. The van der Waals surface area contributed by atoms with Crippen molar-refractivity contribution in [2.75, 3.05) is 0 Å². The van der Waals surface area contributed by atoms with Crippen LogP contribution in [-0.2, 0) is 9.24 Å². The monoisotopic (exact) mass is 1390 g/mol. The maximum absolute atomic E-state index is 12.1. The summed E-state index contributed by atoms with van der Waals surface area (Å²) in [5.74, 6) is 1.45. The summed E-state index contributed by atoms with van der Waals surface area (Å²) in [6.07, 6.45) is 7.82. The zero-order valence-electron chi connectivity index (χ0n) is 49.5. The van der Waals surface area contributed by atoms with Gasteiger partial charge in [0.25, 0.3) is 0 Å². The Bertz CT molecular complexity index is 5260. The molecule has 0 aliphatic carbocycles. The molecule has 16 rings (SSSR count). The van der Waals surface area contributed by atoms with E-state index in [0.29, 0.717) is 0 Å². The quantitative estimate of drug-likeness (QED) is 0.0744. The van der Waals surface area contributed by atoms with E-state index in [4.69, 9.17) is 34.7 Å². The number of hydrogen-bond donors (Lipinski definition) is 1. The third-order valence-corrected chi connectivity index (χ3v) is 16.4. The zero-order chi connectivity index (χ0) is 61.3. The van der Waals surface area contributed by atoms with Crippen molar-refractivity contribution in [3.63, 3.8) is 0 Å². The van der Waals surface area contributed by atoms with Crippen LogP contribution in [0.2, 0.25) is 0 Å². The van der Waals surface area contributed by atoms with Gasteiger partial charge in [-0.25, -0.2) is 29.0 Å². The number of halogens is 3. The van der Waals surface area contributed by atoms with Gasteiger partial charge in [-0.15, -0.1) is 0 Å². The van der Waals surface area contributed by atoms with E-state index in [1.165, 1.54) is 114 Å². The third kappa shape index (κ3) is 13.1. The molecule has 0 saturated carbocycles. The van der Waals surface area contributed by atoms with Crippen LogP contribution in [0.5, 0.6) is 0 Å². The predicted octanol–water partition coefficient (Wildman–Crippen LogP) is 12.6. The number of rotatable bonds is 6. The Hall–Kier alpha value is -4.54. The Labute approximate surface area is 616 Å². The number of imidazole rings is 2. The molecule has 1 atom stereocenters. The summed E-state index contributed by atoms with van der Waals surface area (Å²) in [6, 6.07) is 65.9. The van der Waals surface area contributed by atoms with Crippen LogP contribution in [0.3, 0.4) is 0 Å². The molecule has 8 heterocycles. The average molecular weight is 1400 g/mol. The van der Waals surface area contributed by atoms with Crippen molar-refractivity contribution in [3.8, 4) is 29.0 Å². The Morgan fingerprint density at radius 3 is 1.36 bits per heavy atom. The van der Waals surface area contributed by atoms with E-state index in [2.05, 4.69) is 250 Å². The number of fused-ring (bicyclic) bond motifs is 12. The summed E-state index contributed by atoms with van der Waals surface area (Å²) in [5.41, 5.74) is 16.2. The number of H-pyrrole nitrogens is 1. The van der Waals surface area contributed by atoms with Crippen LogP contribution in [0.15, 0.2) is 228 Å². The average Bonchev–Trinajstić information content (AvgIpc) is 1.59. The second kappa shape index (κ2) is 29.2. The first-order valence-corrected chi connectivity index (χ1v) is 47.0. The first kappa shape index (κ1) is 65.9. The van der Waals surface area contributed by atoms with Crippen molar-refractivity contribution in [2.24, 2.45) is 0 Å². The third-order valence-electron chi connectivity index (χ3n) is 15.3. The SMILES string of the molecule is Cc1cccc(C)c1-n1ccnc1-n1c2ccccc2c2cc3c(nc21)[nH]c1ccccc13.Cc1cccc(C)c1-n1ccnc1-n1c2ccccc2c2cc3c4ccccc4n(-c4cccc(Br)c4)c3nc21.Fc1cccc(Br)c1.O=[P+]([O-])O[O-].[K+].[K][K]. The maximum atomic E-state index is 12.1. The standard InChI is InChI=1S/C34H24BrN5.C28H21N5.C6H4BrF.3K.HO4P/c1-21-9-7-10-22(2)31(21)38-18-17-36-34(38)40-30-16-6-4-14-26(30)28-20-27-25-13-3-5-15-29(25)39(32(27)37-33(28)40)24-12-8-11-23(35)19-24;1-17-8-7-9-18(2)25(17)32-15-14-29-28(32)33-24-13-6-4-11-20(24)22-16-21-19-10-3-5-12-23(19)30-26(21)31-27(22)33;7-5-2-1-3-6(8)4-5;;;;1-4-5(2)3/h3-20H,1-2H3;3-16H,1-2H3,(H,30,31);1-4H;;;;1H/q;;;;;+1;/p-1. The minimum atomic E-state index is -3.15. The first-order chi connectivity index (χ1) is 42.9. The van der Waals surface area contributed by atoms with Gasteiger partial charge in [-0.1, -0.05) is 153 Å². The summed E-state index contributed by atoms with van der Waals surface area (Å²) >= 11 is 9.29. The van der Waals surface area contributed by atoms with Gasteiger partial charge in [-0.3, -0.25) is 22.8 Å². The van der Waals surface area contributed by atoms with Gasteiger partial charge in [-0.2, -0.15) is 0 Å². The van der Waals surface area contributed by atoms with E-state index in [-0.39, 0.29) is 57.2 Å². The number of aromatic amines is 1. The van der Waals surface area contributed by atoms with Crippen LogP contribution in [0.1, 0.15) is 22.3 Å². The molecule has 14 nitrogen and oxygen atoms in total. The summed E-state index contributed by atoms with van der Waals surface area (Å²) in [7, 11) is -3.15. The topological polar surface area (TPSA) is 164 Å². The molecule has 16 aromatic rings. The van der Waals surface area contributed by atoms with Crippen LogP contribution in [0.25, 0.3) is 117 Å². The van der Waals surface area contributed by atoms with Gasteiger partial charge in [0, 0.05) is 88.0 Å². The van der Waals surface area contributed by atoms with Gasteiger partial charge in [0.05, 0.1) is 27.9 Å². The van der Waals surface area contributed by atoms with Crippen LogP contribution in [0, 0.1) is 33.5 Å². The van der Waals surface area contributed by atoms with Gasteiger partial charge in [0.2, 0.25) is 11.9 Å². The van der Waals surface area contributed by atoms with Gasteiger partial charge in [0.1, 0.15) is 28.4 Å². The fraction of sp³-hybridized carbons (Fsp3) is 0.0588. The summed E-state index contributed by atoms with van der Waals surface area (Å²) in [5, 5.41) is 17.7. The molecule has 0 radical (unpaired) electrons. The molecule has 0 spiro atoms. The van der Waals surface area contributed by atoms with Crippen molar-refractivity contribution in [1.29, 1.82) is 0 Å². The van der Waals surface area contributed by atoms with E-state index in [9.17, 15) is 4.39 Å². The molecule has 89 heavy (non-hydrogen) atoms. The van der Waals surface area contributed by atoms with Crippen molar-refractivity contribution >= 4 is 191 Å². The van der Waals surface area contributed by atoms with Gasteiger partial charge in [0.15, 0.2) is 0 Å². The van der Waals surface area contributed by atoms with Crippen LogP contribution < -0.4 is 61.5 Å². The minimum absolute atomic E-state index is 0. The number of para-hydroxylation sites is 6. The van der Waals surface area contributed by atoms with Crippen LogP contribution in [-0.4, -0.2) is 111 Å².